The Labute approximate surface area is 111 Å². The molecule has 1 aromatic rings. The topological polar surface area (TPSA) is 12.0 Å². The molecule has 3 heteroatoms. The monoisotopic (exact) mass is 301 g/mol. The summed E-state index contributed by atoms with van der Waals surface area (Å²) in [7, 11) is 0. The lowest BCUT2D eigenvalue weighted by Gasteiger charge is -2.29. The second kappa shape index (κ2) is 6.18. The summed E-state index contributed by atoms with van der Waals surface area (Å²) in [5.41, 5.74) is 1.41. The lowest BCUT2D eigenvalue weighted by molar-refractivity contribution is 0.278. The van der Waals surface area contributed by atoms with Crippen LogP contribution in [0.25, 0.3) is 0 Å². The van der Waals surface area contributed by atoms with E-state index in [9.17, 15) is 0 Å². The second-order valence-corrected chi connectivity index (χ2v) is 7.07. The van der Waals surface area contributed by atoms with Crippen LogP contribution in [-0.2, 0) is 6.54 Å². The molecule has 0 amide bonds. The summed E-state index contributed by atoms with van der Waals surface area (Å²) >= 11 is 5.28. The van der Waals surface area contributed by atoms with E-state index in [4.69, 9.17) is 0 Å². The molecule has 1 fully saturated rings. The van der Waals surface area contributed by atoms with Gasteiger partial charge in [0.05, 0.1) is 3.79 Å². The van der Waals surface area contributed by atoms with Crippen LogP contribution in [0.5, 0.6) is 0 Å². The van der Waals surface area contributed by atoms with Gasteiger partial charge in [-0.3, -0.25) is 0 Å². The van der Waals surface area contributed by atoms with Gasteiger partial charge in [-0.2, -0.15) is 0 Å². The normalized spacial score (nSPS) is 25.9. The Balaban J connectivity index is 1.77. The third-order valence-electron chi connectivity index (χ3n) is 3.58. The minimum Gasteiger partial charge on any atom is -0.310 e. The molecule has 0 spiro atoms. The molecule has 1 N–H and O–H groups in total. The van der Waals surface area contributed by atoms with Gasteiger partial charge in [-0.15, -0.1) is 11.3 Å². The van der Waals surface area contributed by atoms with Crippen LogP contribution < -0.4 is 5.32 Å². The number of thiophene rings is 1. The predicted molar refractivity (Wildman–Crippen MR) is 74.9 cm³/mol. The molecule has 2 rings (SSSR count). The summed E-state index contributed by atoms with van der Waals surface area (Å²) in [6, 6.07) is 2.97. The van der Waals surface area contributed by atoms with Crippen LogP contribution in [0.1, 0.15) is 44.6 Å². The van der Waals surface area contributed by atoms with Gasteiger partial charge in [-0.25, -0.2) is 0 Å². The highest BCUT2D eigenvalue weighted by Crippen LogP contribution is 2.27. The molecule has 1 heterocycles. The van der Waals surface area contributed by atoms with Gasteiger partial charge >= 0.3 is 0 Å². The molecule has 1 nitrogen and oxygen atoms in total. The zero-order valence-corrected chi connectivity index (χ0v) is 12.2. The van der Waals surface area contributed by atoms with E-state index in [1.165, 1.54) is 41.5 Å². The fourth-order valence-corrected chi connectivity index (χ4v) is 3.76. The van der Waals surface area contributed by atoms with Crippen molar-refractivity contribution in [3.05, 3.63) is 20.8 Å². The zero-order chi connectivity index (χ0) is 11.4. The van der Waals surface area contributed by atoms with Gasteiger partial charge in [-0.05, 0) is 51.7 Å². The van der Waals surface area contributed by atoms with E-state index in [0.717, 1.165) is 18.5 Å². The van der Waals surface area contributed by atoms with Crippen LogP contribution >= 0.6 is 27.3 Å². The molecular formula is C13H20BrNS. The maximum atomic E-state index is 3.70. The van der Waals surface area contributed by atoms with Gasteiger partial charge in [0.25, 0.3) is 0 Å². The fourth-order valence-electron chi connectivity index (χ4n) is 2.55. The Morgan fingerprint density at radius 1 is 1.50 bits per heavy atom. The molecule has 1 aliphatic rings. The van der Waals surface area contributed by atoms with Crippen molar-refractivity contribution in [2.24, 2.45) is 5.92 Å². The number of halogens is 1. The summed E-state index contributed by atoms with van der Waals surface area (Å²) in [6.07, 6.45) is 6.94. The highest BCUT2D eigenvalue weighted by Gasteiger charge is 2.19. The fraction of sp³-hybridized carbons (Fsp3) is 0.692. The first-order valence-corrected chi connectivity index (χ1v) is 7.91. The Morgan fingerprint density at radius 2 is 2.38 bits per heavy atom. The summed E-state index contributed by atoms with van der Waals surface area (Å²) < 4.78 is 1.24. The maximum absolute atomic E-state index is 3.70. The van der Waals surface area contributed by atoms with E-state index in [0.29, 0.717) is 0 Å². The average molecular weight is 302 g/mol. The smallest absolute Gasteiger partial charge is 0.0701 e. The number of hydrogen-bond donors (Lipinski definition) is 1. The maximum Gasteiger partial charge on any atom is 0.0701 e. The van der Waals surface area contributed by atoms with E-state index in [1.54, 1.807) is 11.3 Å². The quantitative estimate of drug-likeness (QED) is 0.859. The largest absolute Gasteiger partial charge is 0.310 e. The first kappa shape index (κ1) is 12.6. The molecule has 1 aliphatic carbocycles. The van der Waals surface area contributed by atoms with Crippen molar-refractivity contribution in [2.45, 2.75) is 51.6 Å². The standard InChI is InChI=1S/C13H20BrNS/c1-2-10-4-3-5-12(6-10)15-8-11-7-13(14)16-9-11/h7,9-10,12,15H,2-6,8H2,1H3. The Morgan fingerprint density at radius 3 is 3.06 bits per heavy atom. The van der Waals surface area contributed by atoms with Crippen molar-refractivity contribution in [1.29, 1.82) is 0 Å². The van der Waals surface area contributed by atoms with Gasteiger partial charge in [0.15, 0.2) is 0 Å². The van der Waals surface area contributed by atoms with Gasteiger partial charge < -0.3 is 5.32 Å². The number of nitrogens with one attached hydrogen (secondary N) is 1. The Hall–Kier alpha value is 0.140. The zero-order valence-electron chi connectivity index (χ0n) is 9.84. The Kier molecular flexibility index (Phi) is 4.86. The van der Waals surface area contributed by atoms with Crippen LogP contribution in [0.3, 0.4) is 0 Å². The van der Waals surface area contributed by atoms with Gasteiger partial charge in [0, 0.05) is 12.6 Å². The summed E-state index contributed by atoms with van der Waals surface area (Å²) in [5.74, 6) is 0.959. The van der Waals surface area contributed by atoms with Crippen molar-refractivity contribution in [3.8, 4) is 0 Å². The van der Waals surface area contributed by atoms with Gasteiger partial charge in [-0.1, -0.05) is 26.2 Å². The van der Waals surface area contributed by atoms with E-state index in [2.05, 4.69) is 39.6 Å². The molecule has 0 radical (unpaired) electrons. The highest BCUT2D eigenvalue weighted by atomic mass is 79.9. The van der Waals surface area contributed by atoms with Crippen LogP contribution in [0.4, 0.5) is 0 Å². The van der Waals surface area contributed by atoms with Gasteiger partial charge in [0.2, 0.25) is 0 Å². The lowest BCUT2D eigenvalue weighted by Crippen LogP contribution is -2.33. The molecule has 90 valence electrons. The summed E-state index contributed by atoms with van der Waals surface area (Å²) in [4.78, 5) is 0. The molecule has 1 aromatic heterocycles. The molecule has 2 unspecified atom stereocenters. The third-order valence-corrected chi connectivity index (χ3v) is 5.13. The van der Waals surface area contributed by atoms with Crippen LogP contribution in [-0.4, -0.2) is 6.04 Å². The molecule has 0 saturated heterocycles. The molecule has 0 aliphatic heterocycles. The van der Waals surface area contributed by atoms with E-state index in [-0.39, 0.29) is 0 Å². The first-order valence-electron chi connectivity index (χ1n) is 6.24. The Bertz CT molecular complexity index is 323. The van der Waals surface area contributed by atoms with Crippen LogP contribution in [0.15, 0.2) is 15.2 Å². The minimum absolute atomic E-state index is 0.748. The summed E-state index contributed by atoms with van der Waals surface area (Å²) in [5, 5.41) is 5.93. The van der Waals surface area contributed by atoms with Crippen LogP contribution in [0, 0.1) is 5.92 Å². The SMILES string of the molecule is CCC1CCCC(NCc2csc(Br)c2)C1. The van der Waals surface area contributed by atoms with Crippen molar-refractivity contribution in [1.82, 2.24) is 5.32 Å². The molecule has 1 saturated carbocycles. The minimum atomic E-state index is 0.748. The van der Waals surface area contributed by atoms with Crippen molar-refractivity contribution < 1.29 is 0 Å². The van der Waals surface area contributed by atoms with E-state index >= 15 is 0 Å². The van der Waals surface area contributed by atoms with Crippen molar-refractivity contribution in [3.63, 3.8) is 0 Å². The van der Waals surface area contributed by atoms with E-state index < -0.39 is 0 Å². The second-order valence-electron chi connectivity index (χ2n) is 4.78. The van der Waals surface area contributed by atoms with Crippen molar-refractivity contribution >= 4 is 27.3 Å². The number of hydrogen-bond acceptors (Lipinski definition) is 2. The number of rotatable bonds is 4. The average Bonchev–Trinajstić information content (AvgIpc) is 2.73. The molecular weight excluding hydrogens is 282 g/mol. The molecule has 2 atom stereocenters. The lowest BCUT2D eigenvalue weighted by atomic mass is 9.84. The van der Waals surface area contributed by atoms with E-state index in [1.807, 2.05) is 0 Å². The first-order chi connectivity index (χ1) is 7.78. The van der Waals surface area contributed by atoms with Crippen LogP contribution in [0.2, 0.25) is 0 Å². The predicted octanol–water partition coefficient (Wildman–Crippen LogP) is 4.57. The molecule has 0 aromatic carbocycles. The molecule has 16 heavy (non-hydrogen) atoms. The summed E-state index contributed by atoms with van der Waals surface area (Å²) in [6.45, 7) is 3.35. The molecule has 0 bridgehead atoms. The van der Waals surface area contributed by atoms with Crippen molar-refractivity contribution in [2.75, 3.05) is 0 Å². The third kappa shape index (κ3) is 3.57. The highest BCUT2D eigenvalue weighted by molar-refractivity contribution is 9.11. The van der Waals surface area contributed by atoms with Gasteiger partial charge in [0.1, 0.15) is 0 Å².